The van der Waals surface area contributed by atoms with Crippen molar-refractivity contribution in [1.29, 1.82) is 0 Å². The first-order valence-electron chi connectivity index (χ1n) is 5.77. The summed E-state index contributed by atoms with van der Waals surface area (Å²) in [5.74, 6) is -0.950. The Hall–Kier alpha value is -2.16. The lowest BCUT2D eigenvalue weighted by Gasteiger charge is -2.08. The normalized spacial score (nSPS) is 11.3. The second-order valence-corrected chi connectivity index (χ2v) is 4.50. The number of carboxylic acid groups (broad SMARTS) is 1. The van der Waals surface area contributed by atoms with Gasteiger partial charge in [0.1, 0.15) is 0 Å². The molecule has 0 unspecified atom stereocenters. The van der Waals surface area contributed by atoms with Gasteiger partial charge in [-0.25, -0.2) is 4.79 Å². The molecule has 0 aliphatic rings. The van der Waals surface area contributed by atoms with Crippen LogP contribution in [0.2, 0.25) is 0 Å². The van der Waals surface area contributed by atoms with E-state index in [1.165, 1.54) is 0 Å². The number of carbonyl (C=O) groups is 1. The summed E-state index contributed by atoms with van der Waals surface area (Å²) in [5.41, 5.74) is 4.90. The van der Waals surface area contributed by atoms with Gasteiger partial charge in [-0.05, 0) is 56.2 Å². The van der Waals surface area contributed by atoms with Crippen molar-refractivity contribution in [3.8, 4) is 0 Å². The molecule has 0 fully saturated rings. The minimum absolute atomic E-state index is 0.846. The van der Waals surface area contributed by atoms with Crippen LogP contribution >= 0.6 is 0 Å². The van der Waals surface area contributed by atoms with Gasteiger partial charge in [-0.2, -0.15) is 0 Å². The molecule has 1 heterocycles. The molecule has 0 aliphatic carbocycles. The van der Waals surface area contributed by atoms with E-state index in [9.17, 15) is 4.79 Å². The number of benzene rings is 1. The number of fused-ring (bicyclic) bond motifs is 1. The third kappa shape index (κ3) is 2.40. The van der Waals surface area contributed by atoms with Crippen molar-refractivity contribution in [2.45, 2.75) is 20.8 Å². The number of nitrogens with zero attached hydrogens (tertiary/aromatic N) is 1. The maximum absolute atomic E-state index is 10.6. The number of aromatic nitrogens is 1. The Kier molecular flexibility index (Phi) is 3.15. The Morgan fingerprint density at radius 1 is 1.22 bits per heavy atom. The van der Waals surface area contributed by atoms with E-state index in [4.69, 9.17) is 5.11 Å². The van der Waals surface area contributed by atoms with Crippen LogP contribution in [0.5, 0.6) is 0 Å². The standard InChI is InChI=1S/C15H15NO2/c1-9-6-12(4-5-14(17)18)15-13(7-9)10(2)8-11(3)16-15/h4-8H,1-3H3,(H,17,18)/b5-4+. The quantitative estimate of drug-likeness (QED) is 0.821. The molecule has 0 atom stereocenters. The highest BCUT2D eigenvalue weighted by Gasteiger charge is 2.05. The lowest BCUT2D eigenvalue weighted by molar-refractivity contribution is -0.131. The summed E-state index contributed by atoms with van der Waals surface area (Å²) in [4.78, 5) is 15.1. The zero-order valence-corrected chi connectivity index (χ0v) is 10.7. The minimum atomic E-state index is -0.950. The first kappa shape index (κ1) is 12.3. The molecule has 0 bridgehead atoms. The molecule has 0 amide bonds. The lowest BCUT2D eigenvalue weighted by Crippen LogP contribution is -1.92. The zero-order valence-electron chi connectivity index (χ0n) is 10.7. The van der Waals surface area contributed by atoms with Crippen LogP contribution in [0.25, 0.3) is 17.0 Å². The smallest absolute Gasteiger partial charge is 0.328 e. The SMILES string of the molecule is Cc1cc(/C=C/C(=O)O)c2nc(C)cc(C)c2c1. The highest BCUT2D eigenvalue weighted by Crippen LogP contribution is 2.24. The van der Waals surface area contributed by atoms with E-state index >= 15 is 0 Å². The average molecular weight is 241 g/mol. The molecule has 0 saturated heterocycles. The van der Waals surface area contributed by atoms with E-state index in [-0.39, 0.29) is 0 Å². The number of aliphatic carboxylic acids is 1. The second-order valence-electron chi connectivity index (χ2n) is 4.50. The number of pyridine rings is 1. The van der Waals surface area contributed by atoms with E-state index in [0.29, 0.717) is 0 Å². The molecule has 2 rings (SSSR count). The molecule has 18 heavy (non-hydrogen) atoms. The fraction of sp³-hybridized carbons (Fsp3) is 0.200. The summed E-state index contributed by atoms with van der Waals surface area (Å²) < 4.78 is 0. The summed E-state index contributed by atoms with van der Waals surface area (Å²) in [6.45, 7) is 5.98. The molecule has 1 N–H and O–H groups in total. The van der Waals surface area contributed by atoms with Crippen LogP contribution in [0.4, 0.5) is 0 Å². The Morgan fingerprint density at radius 2 is 1.94 bits per heavy atom. The fourth-order valence-electron chi connectivity index (χ4n) is 2.12. The summed E-state index contributed by atoms with van der Waals surface area (Å²) in [6, 6.07) is 6.06. The van der Waals surface area contributed by atoms with Gasteiger partial charge >= 0.3 is 5.97 Å². The Morgan fingerprint density at radius 3 is 2.61 bits per heavy atom. The molecule has 2 aromatic rings. The van der Waals surface area contributed by atoms with Gasteiger partial charge in [-0.15, -0.1) is 0 Å². The number of hydrogen-bond donors (Lipinski definition) is 1. The second kappa shape index (κ2) is 4.61. The van der Waals surface area contributed by atoms with Crippen molar-refractivity contribution in [2.24, 2.45) is 0 Å². The van der Waals surface area contributed by atoms with E-state index in [2.05, 4.69) is 11.1 Å². The highest BCUT2D eigenvalue weighted by molar-refractivity contribution is 5.94. The Balaban J connectivity index is 2.75. The van der Waals surface area contributed by atoms with Crippen molar-refractivity contribution in [3.63, 3.8) is 0 Å². The summed E-state index contributed by atoms with van der Waals surface area (Å²) in [7, 11) is 0. The van der Waals surface area contributed by atoms with Crippen LogP contribution in [0.15, 0.2) is 24.3 Å². The molecule has 1 aromatic carbocycles. The number of rotatable bonds is 2. The number of aryl methyl sites for hydroxylation is 3. The third-order valence-electron chi connectivity index (χ3n) is 2.83. The number of carboxylic acids is 1. The van der Waals surface area contributed by atoms with Crippen LogP contribution in [0.1, 0.15) is 22.4 Å². The summed E-state index contributed by atoms with van der Waals surface area (Å²) in [6.07, 6.45) is 2.75. The molecular weight excluding hydrogens is 226 g/mol. The lowest BCUT2D eigenvalue weighted by atomic mass is 10.0. The van der Waals surface area contributed by atoms with Crippen molar-refractivity contribution >= 4 is 22.9 Å². The van der Waals surface area contributed by atoms with Gasteiger partial charge in [-0.1, -0.05) is 0 Å². The van der Waals surface area contributed by atoms with Gasteiger partial charge in [0.15, 0.2) is 0 Å². The molecule has 0 spiro atoms. The Labute approximate surface area is 106 Å². The highest BCUT2D eigenvalue weighted by atomic mass is 16.4. The first-order valence-corrected chi connectivity index (χ1v) is 5.77. The van der Waals surface area contributed by atoms with Crippen molar-refractivity contribution in [1.82, 2.24) is 4.98 Å². The molecule has 0 saturated carbocycles. The monoisotopic (exact) mass is 241 g/mol. The zero-order chi connectivity index (χ0) is 13.3. The van der Waals surface area contributed by atoms with E-state index < -0.39 is 5.97 Å². The van der Waals surface area contributed by atoms with Crippen LogP contribution in [-0.4, -0.2) is 16.1 Å². The minimum Gasteiger partial charge on any atom is -0.478 e. The largest absolute Gasteiger partial charge is 0.478 e. The fourth-order valence-corrected chi connectivity index (χ4v) is 2.12. The van der Waals surface area contributed by atoms with Gasteiger partial charge < -0.3 is 5.11 Å². The third-order valence-corrected chi connectivity index (χ3v) is 2.83. The van der Waals surface area contributed by atoms with Crippen molar-refractivity contribution < 1.29 is 9.90 Å². The maximum atomic E-state index is 10.6. The van der Waals surface area contributed by atoms with E-state index in [0.717, 1.165) is 39.4 Å². The van der Waals surface area contributed by atoms with Crippen LogP contribution in [0.3, 0.4) is 0 Å². The Bertz CT molecular complexity index is 657. The van der Waals surface area contributed by atoms with Gasteiger partial charge in [0.25, 0.3) is 0 Å². The van der Waals surface area contributed by atoms with Crippen LogP contribution in [0, 0.1) is 20.8 Å². The van der Waals surface area contributed by atoms with Gasteiger partial charge in [-0.3, -0.25) is 4.98 Å². The molecular formula is C15H15NO2. The maximum Gasteiger partial charge on any atom is 0.328 e. The molecule has 1 aromatic heterocycles. The van der Waals surface area contributed by atoms with E-state index in [1.54, 1.807) is 6.08 Å². The topological polar surface area (TPSA) is 50.2 Å². The van der Waals surface area contributed by atoms with Crippen molar-refractivity contribution in [3.05, 3.63) is 46.7 Å². The molecule has 3 heteroatoms. The van der Waals surface area contributed by atoms with E-state index in [1.807, 2.05) is 32.9 Å². The van der Waals surface area contributed by atoms with Gasteiger partial charge in [0.2, 0.25) is 0 Å². The predicted molar refractivity (Wildman–Crippen MR) is 72.6 cm³/mol. The van der Waals surface area contributed by atoms with Gasteiger partial charge in [0.05, 0.1) is 5.52 Å². The molecule has 0 aliphatic heterocycles. The average Bonchev–Trinajstić information content (AvgIpc) is 2.27. The molecule has 92 valence electrons. The van der Waals surface area contributed by atoms with Crippen molar-refractivity contribution in [2.75, 3.05) is 0 Å². The summed E-state index contributed by atoms with van der Waals surface area (Å²) >= 11 is 0. The first-order chi connectivity index (χ1) is 8.47. The molecule has 3 nitrogen and oxygen atoms in total. The molecule has 0 radical (unpaired) electrons. The van der Waals surface area contributed by atoms with Crippen LogP contribution in [-0.2, 0) is 4.79 Å². The van der Waals surface area contributed by atoms with Gasteiger partial charge in [0, 0.05) is 22.7 Å². The predicted octanol–water partition coefficient (Wildman–Crippen LogP) is 3.26. The van der Waals surface area contributed by atoms with Crippen LogP contribution < -0.4 is 0 Å². The summed E-state index contributed by atoms with van der Waals surface area (Å²) in [5, 5.41) is 9.79. The number of hydrogen-bond acceptors (Lipinski definition) is 2.